The van der Waals surface area contributed by atoms with Crippen LogP contribution in [0.25, 0.3) is 11.0 Å². The first kappa shape index (κ1) is 20.3. The smallest absolute Gasteiger partial charge is 0.262 e. The van der Waals surface area contributed by atoms with Gasteiger partial charge < -0.3 is 14.5 Å². The second kappa shape index (κ2) is 8.39. The van der Waals surface area contributed by atoms with E-state index < -0.39 is 11.7 Å². The van der Waals surface area contributed by atoms with Crippen LogP contribution in [0, 0.1) is 19.7 Å². The Morgan fingerprint density at radius 1 is 1.10 bits per heavy atom. The van der Waals surface area contributed by atoms with E-state index in [1.165, 1.54) is 13.2 Å². The number of ether oxygens (including phenoxy) is 1. The van der Waals surface area contributed by atoms with Gasteiger partial charge in [-0.15, -0.1) is 0 Å². The predicted octanol–water partition coefficient (Wildman–Crippen LogP) is 5.08. The number of methoxy groups -OCH3 is 1. The first-order valence-electron chi connectivity index (χ1n) is 9.61. The Morgan fingerprint density at radius 2 is 1.90 bits per heavy atom. The van der Waals surface area contributed by atoms with Gasteiger partial charge in [0.05, 0.1) is 12.8 Å². The highest BCUT2D eigenvalue weighted by Gasteiger charge is 2.16. The van der Waals surface area contributed by atoms with E-state index in [1.807, 2.05) is 13.0 Å². The van der Waals surface area contributed by atoms with Crippen molar-refractivity contribution >= 4 is 28.4 Å². The number of aromatic nitrogens is 1. The zero-order valence-electron chi connectivity index (χ0n) is 17.3. The molecule has 2 heterocycles. The zero-order valence-corrected chi connectivity index (χ0v) is 17.3. The van der Waals surface area contributed by atoms with E-state index >= 15 is 0 Å². The third-order valence-corrected chi connectivity index (χ3v) is 4.72. The molecule has 0 saturated heterocycles. The number of hydrogen-bond donors (Lipinski definition) is 1. The number of rotatable bonds is 4. The summed E-state index contributed by atoms with van der Waals surface area (Å²) in [6, 6.07) is 16.9. The maximum absolute atomic E-state index is 14.0. The molecule has 31 heavy (non-hydrogen) atoms. The summed E-state index contributed by atoms with van der Waals surface area (Å²) in [4.78, 5) is 21.8. The summed E-state index contributed by atoms with van der Waals surface area (Å²) in [5.41, 5.74) is 2.24. The summed E-state index contributed by atoms with van der Waals surface area (Å²) >= 11 is 0. The number of halogens is 1. The van der Waals surface area contributed by atoms with Gasteiger partial charge >= 0.3 is 0 Å². The van der Waals surface area contributed by atoms with Crippen LogP contribution in [0.1, 0.15) is 21.6 Å². The molecule has 1 N–H and O–H groups in total. The lowest BCUT2D eigenvalue weighted by Gasteiger charge is -2.09. The van der Waals surface area contributed by atoms with Crippen LogP contribution in [-0.2, 0) is 0 Å². The van der Waals surface area contributed by atoms with Gasteiger partial charge in [0.1, 0.15) is 17.2 Å². The molecule has 0 saturated carbocycles. The maximum Gasteiger partial charge on any atom is 0.262 e. The van der Waals surface area contributed by atoms with E-state index in [2.05, 4.69) is 15.3 Å². The fourth-order valence-electron chi connectivity index (χ4n) is 3.10. The van der Waals surface area contributed by atoms with Gasteiger partial charge in [-0.25, -0.2) is 14.4 Å². The highest BCUT2D eigenvalue weighted by molar-refractivity contribution is 6.05. The average Bonchev–Trinajstić information content (AvgIpc) is 2.75. The van der Waals surface area contributed by atoms with Crippen LogP contribution in [0.2, 0.25) is 0 Å². The van der Waals surface area contributed by atoms with Crippen LogP contribution in [0.5, 0.6) is 5.75 Å². The van der Waals surface area contributed by atoms with Gasteiger partial charge in [-0.1, -0.05) is 24.3 Å². The minimum Gasteiger partial charge on any atom is -0.493 e. The second-order valence-electron chi connectivity index (χ2n) is 7.01. The zero-order chi connectivity index (χ0) is 22.0. The van der Waals surface area contributed by atoms with Gasteiger partial charge in [-0.3, -0.25) is 4.79 Å². The summed E-state index contributed by atoms with van der Waals surface area (Å²) in [5.74, 6) is 0.0619. The standard InChI is InChI=1S/C24H20FN3O3/c1-14-10-11-17(13-19(14)25)27-24-18(23(29)28-21-9-4-6-15(2)26-21)12-16-7-5-8-20(30-3)22(16)31-24/h4-13H,1-3H3,(H,26,28,29). The molecule has 0 fully saturated rings. The van der Waals surface area contributed by atoms with Gasteiger partial charge in [0, 0.05) is 11.1 Å². The van der Waals surface area contributed by atoms with Crippen LogP contribution >= 0.6 is 0 Å². The molecule has 2 aromatic heterocycles. The quantitative estimate of drug-likeness (QED) is 0.503. The number of fused-ring (bicyclic) bond motifs is 1. The van der Waals surface area contributed by atoms with E-state index in [1.54, 1.807) is 55.5 Å². The van der Waals surface area contributed by atoms with Crippen molar-refractivity contribution in [1.82, 2.24) is 4.98 Å². The van der Waals surface area contributed by atoms with Crippen LogP contribution < -0.4 is 15.6 Å². The summed E-state index contributed by atoms with van der Waals surface area (Å²) in [5, 5.41) is 3.43. The molecule has 0 radical (unpaired) electrons. The fraction of sp³-hybridized carbons (Fsp3) is 0.125. The molecule has 156 valence electrons. The number of carbonyl (C=O) groups is 1. The van der Waals surface area contributed by atoms with E-state index in [4.69, 9.17) is 9.15 Å². The van der Waals surface area contributed by atoms with Gasteiger partial charge in [-0.05, 0) is 55.8 Å². The summed E-state index contributed by atoms with van der Waals surface area (Å²) in [6.45, 7) is 3.50. The predicted molar refractivity (Wildman–Crippen MR) is 116 cm³/mol. The number of anilines is 1. The van der Waals surface area contributed by atoms with Crippen molar-refractivity contribution in [2.75, 3.05) is 12.4 Å². The highest BCUT2D eigenvalue weighted by Crippen LogP contribution is 2.25. The van der Waals surface area contributed by atoms with Gasteiger partial charge in [0.25, 0.3) is 5.91 Å². The topological polar surface area (TPSA) is 76.7 Å². The molecular weight excluding hydrogens is 397 g/mol. The number of para-hydroxylation sites is 1. The SMILES string of the molecule is COc1cccc2cc(C(=O)Nc3cccc(C)n3)c(=Nc3ccc(C)c(F)c3)oc12. The molecule has 0 aliphatic rings. The van der Waals surface area contributed by atoms with Crippen LogP contribution in [-0.4, -0.2) is 18.0 Å². The third-order valence-electron chi connectivity index (χ3n) is 4.72. The van der Waals surface area contributed by atoms with Crippen molar-refractivity contribution in [1.29, 1.82) is 0 Å². The molecule has 1 amide bonds. The molecule has 0 spiro atoms. The highest BCUT2D eigenvalue weighted by atomic mass is 19.1. The van der Waals surface area contributed by atoms with E-state index in [0.717, 1.165) is 5.69 Å². The Balaban J connectivity index is 1.89. The molecule has 0 aliphatic carbocycles. The van der Waals surface area contributed by atoms with Crippen molar-refractivity contribution in [3.63, 3.8) is 0 Å². The Kier molecular flexibility index (Phi) is 5.49. The van der Waals surface area contributed by atoms with Crippen molar-refractivity contribution < 1.29 is 18.3 Å². The molecular formula is C24H20FN3O3. The Hall–Kier alpha value is -4.00. The average molecular weight is 417 g/mol. The molecule has 7 heteroatoms. The molecule has 6 nitrogen and oxygen atoms in total. The number of carbonyl (C=O) groups excluding carboxylic acids is 1. The fourth-order valence-corrected chi connectivity index (χ4v) is 3.10. The van der Waals surface area contributed by atoms with Crippen LogP contribution in [0.15, 0.2) is 70.1 Å². The Morgan fingerprint density at radius 3 is 2.65 bits per heavy atom. The molecule has 0 aliphatic heterocycles. The van der Waals surface area contributed by atoms with Crippen LogP contribution in [0.4, 0.5) is 15.9 Å². The molecule has 0 unspecified atom stereocenters. The Labute approximate surface area is 178 Å². The summed E-state index contributed by atoms with van der Waals surface area (Å²) in [6.07, 6.45) is 0. The lowest BCUT2D eigenvalue weighted by molar-refractivity contribution is 0.102. The number of pyridine rings is 1. The van der Waals surface area contributed by atoms with Crippen molar-refractivity contribution in [3.05, 3.63) is 88.9 Å². The molecule has 4 rings (SSSR count). The van der Waals surface area contributed by atoms with Gasteiger partial charge in [-0.2, -0.15) is 0 Å². The van der Waals surface area contributed by atoms with Crippen molar-refractivity contribution in [2.45, 2.75) is 13.8 Å². The molecule has 4 aromatic rings. The first-order chi connectivity index (χ1) is 14.9. The Bertz CT molecular complexity index is 1360. The second-order valence-corrected chi connectivity index (χ2v) is 7.01. The largest absolute Gasteiger partial charge is 0.493 e. The number of aryl methyl sites for hydroxylation is 2. The number of amides is 1. The minimum absolute atomic E-state index is 0.0328. The number of nitrogens with zero attached hydrogens (tertiary/aromatic N) is 2. The van der Waals surface area contributed by atoms with Gasteiger partial charge in [0.15, 0.2) is 11.3 Å². The number of nitrogens with one attached hydrogen (secondary N) is 1. The molecule has 2 aromatic carbocycles. The van der Waals surface area contributed by atoms with Crippen molar-refractivity contribution in [2.24, 2.45) is 4.99 Å². The van der Waals surface area contributed by atoms with E-state index in [-0.39, 0.29) is 11.1 Å². The molecule has 0 atom stereocenters. The normalized spacial score (nSPS) is 11.5. The number of hydrogen-bond acceptors (Lipinski definition) is 5. The van der Waals surface area contributed by atoms with E-state index in [9.17, 15) is 9.18 Å². The van der Waals surface area contributed by atoms with Gasteiger partial charge in [0.2, 0.25) is 5.55 Å². The lowest BCUT2D eigenvalue weighted by Crippen LogP contribution is -2.22. The van der Waals surface area contributed by atoms with Crippen molar-refractivity contribution in [3.8, 4) is 5.75 Å². The monoisotopic (exact) mass is 417 g/mol. The first-order valence-corrected chi connectivity index (χ1v) is 9.61. The molecule has 0 bridgehead atoms. The summed E-state index contributed by atoms with van der Waals surface area (Å²) in [7, 11) is 1.53. The van der Waals surface area contributed by atoms with Crippen LogP contribution in [0.3, 0.4) is 0 Å². The minimum atomic E-state index is -0.446. The maximum atomic E-state index is 14.0. The summed E-state index contributed by atoms with van der Waals surface area (Å²) < 4.78 is 25.4. The third kappa shape index (κ3) is 4.30. The number of benzene rings is 2. The van der Waals surface area contributed by atoms with E-state index in [0.29, 0.717) is 33.8 Å². The lowest BCUT2D eigenvalue weighted by atomic mass is 10.1.